The van der Waals surface area contributed by atoms with E-state index in [1.807, 2.05) is 37.4 Å². The van der Waals surface area contributed by atoms with E-state index in [2.05, 4.69) is 22.6 Å². The van der Waals surface area contributed by atoms with E-state index in [1.54, 1.807) is 4.57 Å². The lowest BCUT2D eigenvalue weighted by Crippen LogP contribution is -2.19. The molecule has 0 aliphatic rings. The van der Waals surface area contributed by atoms with Gasteiger partial charge in [0.2, 0.25) is 0 Å². The Balaban J connectivity index is 2.95. The summed E-state index contributed by atoms with van der Waals surface area (Å²) in [5.74, 6) is 0. The zero-order valence-electron chi connectivity index (χ0n) is 7.83. The van der Waals surface area contributed by atoms with Crippen molar-refractivity contribution in [2.24, 2.45) is 0 Å². The van der Waals surface area contributed by atoms with Gasteiger partial charge in [-0.15, -0.1) is 0 Å². The Morgan fingerprint density at radius 3 is 2.57 bits per heavy atom. The van der Waals surface area contributed by atoms with Gasteiger partial charge < -0.3 is 4.57 Å². The fourth-order valence-electron chi connectivity index (χ4n) is 1.53. The Bertz CT molecular complexity index is 530. The normalized spacial score (nSPS) is 10.7. The van der Waals surface area contributed by atoms with E-state index in [0.29, 0.717) is 0 Å². The summed E-state index contributed by atoms with van der Waals surface area (Å²) in [4.78, 5) is 11.9. The van der Waals surface area contributed by atoms with Crippen molar-refractivity contribution in [2.45, 2.75) is 13.5 Å². The molecule has 0 N–H and O–H groups in total. The first kappa shape index (κ1) is 9.71. The van der Waals surface area contributed by atoms with Gasteiger partial charge in [0.25, 0.3) is 5.56 Å². The number of aromatic nitrogens is 1. The maximum Gasteiger partial charge on any atom is 0.258 e. The van der Waals surface area contributed by atoms with E-state index < -0.39 is 0 Å². The minimum absolute atomic E-state index is 0.100. The van der Waals surface area contributed by atoms with E-state index in [4.69, 9.17) is 0 Å². The molecular formula is C11H10INO. The van der Waals surface area contributed by atoms with Crippen molar-refractivity contribution in [3.8, 4) is 0 Å². The van der Waals surface area contributed by atoms with Gasteiger partial charge in [0.1, 0.15) is 0 Å². The van der Waals surface area contributed by atoms with Crippen LogP contribution < -0.4 is 5.56 Å². The summed E-state index contributed by atoms with van der Waals surface area (Å²) in [6, 6.07) is 7.73. The van der Waals surface area contributed by atoms with Crippen LogP contribution in [0.5, 0.6) is 0 Å². The lowest BCUT2D eigenvalue weighted by molar-refractivity contribution is 0.732. The smallest absolute Gasteiger partial charge is 0.258 e. The molecule has 3 heteroatoms. The van der Waals surface area contributed by atoms with Gasteiger partial charge in [-0.25, -0.2) is 0 Å². The Morgan fingerprint density at radius 1 is 1.29 bits per heavy atom. The van der Waals surface area contributed by atoms with Crippen molar-refractivity contribution >= 4 is 33.4 Å². The Morgan fingerprint density at radius 2 is 1.93 bits per heavy atom. The molecule has 0 unspecified atom stereocenters. The molecule has 0 spiro atoms. The number of aryl methyl sites for hydroxylation is 1. The van der Waals surface area contributed by atoms with E-state index in [1.165, 1.54) is 0 Å². The summed E-state index contributed by atoms with van der Waals surface area (Å²) in [5, 5.41) is 1.85. The molecule has 0 aliphatic carbocycles. The largest absolute Gasteiger partial charge is 0.314 e. The summed E-state index contributed by atoms with van der Waals surface area (Å²) >= 11 is 2.26. The average molecular weight is 299 g/mol. The van der Waals surface area contributed by atoms with Gasteiger partial charge in [0, 0.05) is 27.1 Å². The monoisotopic (exact) mass is 299 g/mol. The van der Waals surface area contributed by atoms with Crippen molar-refractivity contribution in [1.29, 1.82) is 0 Å². The summed E-state index contributed by atoms with van der Waals surface area (Å²) in [6.07, 6.45) is 1.91. The predicted molar refractivity (Wildman–Crippen MR) is 66.6 cm³/mol. The first-order valence-corrected chi connectivity index (χ1v) is 5.59. The van der Waals surface area contributed by atoms with Gasteiger partial charge >= 0.3 is 0 Å². The molecule has 0 aliphatic heterocycles. The second kappa shape index (κ2) is 3.73. The minimum Gasteiger partial charge on any atom is -0.314 e. The van der Waals surface area contributed by atoms with Crippen LogP contribution >= 0.6 is 22.6 Å². The van der Waals surface area contributed by atoms with Crippen LogP contribution in [0.3, 0.4) is 0 Å². The number of hydrogen-bond acceptors (Lipinski definition) is 1. The highest BCUT2D eigenvalue weighted by Gasteiger charge is 2.04. The Hall–Kier alpha value is -0.840. The van der Waals surface area contributed by atoms with E-state index in [9.17, 15) is 4.79 Å². The number of rotatable bonds is 1. The predicted octanol–water partition coefficient (Wildman–Crippen LogP) is 2.63. The van der Waals surface area contributed by atoms with Gasteiger partial charge in [-0.05, 0) is 35.6 Å². The first-order chi connectivity index (χ1) is 6.74. The van der Waals surface area contributed by atoms with Crippen LogP contribution in [0.15, 0.2) is 35.3 Å². The summed E-state index contributed by atoms with van der Waals surface area (Å²) in [7, 11) is 0. The maximum absolute atomic E-state index is 11.9. The van der Waals surface area contributed by atoms with Crippen molar-refractivity contribution in [2.75, 3.05) is 0 Å². The number of benzene rings is 1. The standard InChI is InChI=1S/C11H10INO/c1-2-13-7-10(12)8-5-3-4-6-9(8)11(13)14/h3-7H,2H2,1H3. The molecule has 1 aromatic carbocycles. The molecule has 0 atom stereocenters. The van der Waals surface area contributed by atoms with Crippen molar-refractivity contribution in [3.63, 3.8) is 0 Å². The second-order valence-electron chi connectivity index (χ2n) is 3.11. The number of nitrogens with zero attached hydrogens (tertiary/aromatic N) is 1. The van der Waals surface area contributed by atoms with Crippen LogP contribution in [0, 0.1) is 3.57 Å². The van der Waals surface area contributed by atoms with Crippen molar-refractivity contribution in [3.05, 3.63) is 44.4 Å². The number of halogens is 1. The van der Waals surface area contributed by atoms with Gasteiger partial charge in [-0.2, -0.15) is 0 Å². The maximum atomic E-state index is 11.9. The Kier molecular flexibility index (Phi) is 2.58. The quantitative estimate of drug-likeness (QED) is 0.742. The van der Waals surface area contributed by atoms with Gasteiger partial charge in [0.15, 0.2) is 0 Å². The van der Waals surface area contributed by atoms with E-state index in [0.717, 1.165) is 20.9 Å². The third-order valence-corrected chi connectivity index (χ3v) is 3.15. The SMILES string of the molecule is CCn1cc(I)c2ccccc2c1=O. The van der Waals surface area contributed by atoms with Gasteiger partial charge in [0.05, 0.1) is 0 Å². The van der Waals surface area contributed by atoms with Crippen LogP contribution in [0.25, 0.3) is 10.8 Å². The number of fused-ring (bicyclic) bond motifs is 1. The molecule has 2 rings (SSSR count). The number of pyridine rings is 1. The molecular weight excluding hydrogens is 289 g/mol. The minimum atomic E-state index is 0.100. The highest BCUT2D eigenvalue weighted by atomic mass is 127. The average Bonchev–Trinajstić information content (AvgIpc) is 2.23. The molecule has 0 fully saturated rings. The van der Waals surface area contributed by atoms with Gasteiger partial charge in [-0.1, -0.05) is 18.2 Å². The fourth-order valence-corrected chi connectivity index (χ4v) is 2.34. The molecule has 2 nitrogen and oxygen atoms in total. The van der Waals surface area contributed by atoms with E-state index >= 15 is 0 Å². The molecule has 0 radical (unpaired) electrons. The second-order valence-corrected chi connectivity index (χ2v) is 4.28. The highest BCUT2D eigenvalue weighted by molar-refractivity contribution is 14.1. The molecule has 1 heterocycles. The third-order valence-electron chi connectivity index (χ3n) is 2.29. The number of hydrogen-bond donors (Lipinski definition) is 0. The molecule has 1 aromatic heterocycles. The summed E-state index contributed by atoms with van der Waals surface area (Å²) in [5.41, 5.74) is 0.100. The molecule has 14 heavy (non-hydrogen) atoms. The Labute approximate surface area is 95.7 Å². The van der Waals surface area contributed by atoms with Crippen LogP contribution in [-0.2, 0) is 6.54 Å². The molecule has 0 saturated carbocycles. The van der Waals surface area contributed by atoms with Crippen LogP contribution in [0.2, 0.25) is 0 Å². The topological polar surface area (TPSA) is 22.0 Å². The van der Waals surface area contributed by atoms with Crippen LogP contribution in [0.1, 0.15) is 6.92 Å². The lowest BCUT2D eigenvalue weighted by Gasteiger charge is -2.05. The molecule has 2 aromatic rings. The summed E-state index contributed by atoms with van der Waals surface area (Å²) < 4.78 is 2.86. The van der Waals surface area contributed by atoms with Crippen LogP contribution in [0.4, 0.5) is 0 Å². The van der Waals surface area contributed by atoms with Crippen molar-refractivity contribution in [1.82, 2.24) is 4.57 Å². The van der Waals surface area contributed by atoms with E-state index in [-0.39, 0.29) is 5.56 Å². The van der Waals surface area contributed by atoms with Gasteiger partial charge in [-0.3, -0.25) is 4.79 Å². The molecule has 0 amide bonds. The zero-order valence-corrected chi connectivity index (χ0v) is 9.98. The molecule has 72 valence electrons. The van der Waals surface area contributed by atoms with Crippen LogP contribution in [-0.4, -0.2) is 4.57 Å². The first-order valence-electron chi connectivity index (χ1n) is 4.51. The van der Waals surface area contributed by atoms with Crippen molar-refractivity contribution < 1.29 is 0 Å². The summed E-state index contributed by atoms with van der Waals surface area (Å²) in [6.45, 7) is 2.70. The zero-order chi connectivity index (χ0) is 10.1. The molecule has 0 bridgehead atoms. The molecule has 0 saturated heterocycles. The highest BCUT2D eigenvalue weighted by Crippen LogP contribution is 2.16. The lowest BCUT2D eigenvalue weighted by atomic mass is 10.2. The third kappa shape index (κ3) is 1.45. The fraction of sp³-hybridized carbons (Fsp3) is 0.182.